The molecule has 0 radical (unpaired) electrons. The van der Waals surface area contributed by atoms with Crippen molar-refractivity contribution in [3.8, 4) is 6.07 Å². The highest BCUT2D eigenvalue weighted by atomic mass is 35.5. The van der Waals surface area contributed by atoms with E-state index in [1.54, 1.807) is 12.1 Å². The van der Waals surface area contributed by atoms with Gasteiger partial charge in [0.2, 0.25) is 11.8 Å². The van der Waals surface area contributed by atoms with Crippen LogP contribution in [0.1, 0.15) is 51.4 Å². The highest BCUT2D eigenvalue weighted by molar-refractivity contribution is 7.92. The number of likely N-dealkylation sites (tertiary alicyclic amines) is 2. The zero-order valence-corrected chi connectivity index (χ0v) is 20.5. The molecule has 5 rings (SSSR count). The molecule has 1 aromatic carbocycles. The van der Waals surface area contributed by atoms with Crippen molar-refractivity contribution in [1.29, 1.82) is 5.26 Å². The van der Waals surface area contributed by atoms with Gasteiger partial charge in [-0.3, -0.25) is 14.5 Å². The van der Waals surface area contributed by atoms with Gasteiger partial charge in [-0.15, -0.1) is 0 Å². The molecule has 4 fully saturated rings. The van der Waals surface area contributed by atoms with Gasteiger partial charge < -0.3 is 10.2 Å². The minimum atomic E-state index is -3.86. The number of rotatable bonds is 6. The molecule has 1 N–H and O–H groups in total. The average Bonchev–Trinajstić information content (AvgIpc) is 3.16. The van der Waals surface area contributed by atoms with Crippen LogP contribution in [0.25, 0.3) is 0 Å². The van der Waals surface area contributed by atoms with E-state index in [9.17, 15) is 23.3 Å². The third-order valence-electron chi connectivity index (χ3n) is 7.90. The lowest BCUT2D eigenvalue weighted by Crippen LogP contribution is -2.62. The van der Waals surface area contributed by atoms with E-state index in [0.29, 0.717) is 25.3 Å². The predicted octanol–water partition coefficient (Wildman–Crippen LogP) is 2.27. The van der Waals surface area contributed by atoms with Gasteiger partial charge in [-0.25, -0.2) is 8.42 Å². The topological polar surface area (TPSA) is 111 Å². The number of nitriles is 1. The number of carbonyl (C=O) groups excluding carboxylic acids is 2. The largest absolute Gasteiger partial charge is 0.336 e. The molecule has 3 unspecified atom stereocenters. The van der Waals surface area contributed by atoms with E-state index in [-0.39, 0.29) is 34.8 Å². The smallest absolute Gasteiger partial charge is 0.244 e. The zero-order chi connectivity index (χ0) is 24.1. The number of amides is 2. The number of sulfone groups is 1. The summed E-state index contributed by atoms with van der Waals surface area (Å²) in [5, 5.41) is 11.4. The van der Waals surface area contributed by atoms with Crippen molar-refractivity contribution in [2.75, 3.05) is 13.1 Å². The number of nitrogens with zero attached hydrogens (tertiary/aromatic N) is 3. The molecule has 2 aliphatic heterocycles. The van der Waals surface area contributed by atoms with E-state index in [1.165, 1.54) is 17.0 Å². The van der Waals surface area contributed by atoms with Crippen LogP contribution in [-0.2, 0) is 19.4 Å². The third-order valence-corrected chi connectivity index (χ3v) is 10.5. The molecule has 3 atom stereocenters. The maximum Gasteiger partial charge on any atom is 0.244 e. The molecule has 1 aromatic rings. The maximum absolute atomic E-state index is 13.7. The highest BCUT2D eigenvalue weighted by Crippen LogP contribution is 2.38. The molecule has 8 nitrogen and oxygen atoms in total. The molecule has 10 heteroatoms. The molecule has 182 valence electrons. The number of nitrogens with one attached hydrogen (secondary N) is 1. The Morgan fingerprint density at radius 1 is 1.12 bits per heavy atom. The van der Waals surface area contributed by atoms with Crippen molar-refractivity contribution >= 4 is 33.3 Å². The van der Waals surface area contributed by atoms with Gasteiger partial charge >= 0.3 is 0 Å². The minimum absolute atomic E-state index is 0.0111. The second-order valence-electron chi connectivity index (χ2n) is 10.0. The van der Waals surface area contributed by atoms with E-state index in [4.69, 9.17) is 11.6 Å². The van der Waals surface area contributed by atoms with Crippen molar-refractivity contribution in [2.24, 2.45) is 0 Å². The van der Waals surface area contributed by atoms with Crippen LogP contribution in [0.2, 0.25) is 5.02 Å². The fourth-order valence-electron chi connectivity index (χ4n) is 5.62. The molecular weight excluding hydrogens is 476 g/mol. The fourth-order valence-corrected chi connectivity index (χ4v) is 7.83. The first-order valence-electron chi connectivity index (χ1n) is 12.0. The van der Waals surface area contributed by atoms with Gasteiger partial charge in [0, 0.05) is 19.1 Å². The number of carbonyl (C=O) groups is 2. The molecule has 34 heavy (non-hydrogen) atoms. The van der Waals surface area contributed by atoms with E-state index in [2.05, 4.69) is 16.3 Å². The van der Waals surface area contributed by atoms with Crippen LogP contribution in [0.3, 0.4) is 0 Å². The average molecular weight is 505 g/mol. The lowest BCUT2D eigenvalue weighted by atomic mass is 9.97. The summed E-state index contributed by atoms with van der Waals surface area (Å²) in [5.74, 6) is -0.632. The number of hydrogen-bond acceptors (Lipinski definition) is 6. The lowest BCUT2D eigenvalue weighted by molar-refractivity contribution is -0.148. The van der Waals surface area contributed by atoms with Crippen molar-refractivity contribution in [3.05, 3.63) is 29.3 Å². The Kier molecular flexibility index (Phi) is 6.11. The van der Waals surface area contributed by atoms with E-state index in [1.807, 2.05) is 0 Å². The van der Waals surface area contributed by atoms with Crippen LogP contribution in [-0.4, -0.2) is 72.0 Å². The van der Waals surface area contributed by atoms with Crippen LogP contribution < -0.4 is 5.32 Å². The summed E-state index contributed by atoms with van der Waals surface area (Å²) in [6, 6.07) is 7.53. The van der Waals surface area contributed by atoms with E-state index >= 15 is 0 Å². The monoisotopic (exact) mass is 504 g/mol. The minimum Gasteiger partial charge on any atom is -0.336 e. The second kappa shape index (κ2) is 8.81. The quantitative estimate of drug-likeness (QED) is 0.636. The Morgan fingerprint density at radius 3 is 2.41 bits per heavy atom. The zero-order valence-electron chi connectivity index (χ0n) is 19.0. The summed E-state index contributed by atoms with van der Waals surface area (Å²) in [5.41, 5.74) is -0.891. The van der Waals surface area contributed by atoms with Crippen molar-refractivity contribution in [2.45, 2.75) is 85.2 Å². The lowest BCUT2D eigenvalue weighted by Gasteiger charge is -2.45. The van der Waals surface area contributed by atoms with E-state index < -0.39 is 32.6 Å². The molecule has 2 aliphatic carbocycles. The summed E-state index contributed by atoms with van der Waals surface area (Å²) in [7, 11) is -3.86. The predicted molar refractivity (Wildman–Crippen MR) is 126 cm³/mol. The van der Waals surface area contributed by atoms with Crippen LogP contribution in [0.5, 0.6) is 0 Å². The summed E-state index contributed by atoms with van der Waals surface area (Å²) < 4.78 is 26.9. The van der Waals surface area contributed by atoms with Gasteiger partial charge in [-0.2, -0.15) is 5.26 Å². The number of benzene rings is 1. The first kappa shape index (κ1) is 23.6. The molecule has 2 heterocycles. The molecule has 2 amide bonds. The molecule has 0 bridgehead atoms. The van der Waals surface area contributed by atoms with Crippen molar-refractivity contribution in [1.82, 2.24) is 15.1 Å². The van der Waals surface area contributed by atoms with Gasteiger partial charge in [-0.05, 0) is 50.7 Å². The Bertz CT molecular complexity index is 1140. The van der Waals surface area contributed by atoms with Gasteiger partial charge in [0.15, 0.2) is 9.84 Å². The van der Waals surface area contributed by atoms with Crippen LogP contribution in [0.4, 0.5) is 0 Å². The SMILES string of the molecule is N#CC1(NC(=O)C2CC(S(=O)(=O)c3ccccc3Cl)CN2C(=O)C2CCN2C2CCCC2)CC1. The fraction of sp³-hybridized carbons (Fsp3) is 0.625. The van der Waals surface area contributed by atoms with Crippen LogP contribution in [0, 0.1) is 11.3 Å². The molecule has 2 saturated carbocycles. The molecular formula is C24H29ClN4O4S. The Balaban J connectivity index is 1.40. The number of hydrogen-bond donors (Lipinski definition) is 1. The van der Waals surface area contributed by atoms with Crippen molar-refractivity contribution < 1.29 is 18.0 Å². The maximum atomic E-state index is 13.7. The van der Waals surface area contributed by atoms with Gasteiger partial charge in [0.25, 0.3) is 0 Å². The number of halogens is 1. The van der Waals surface area contributed by atoms with Crippen molar-refractivity contribution in [3.63, 3.8) is 0 Å². The summed E-state index contributed by atoms with van der Waals surface area (Å²) in [4.78, 5) is 30.6. The van der Waals surface area contributed by atoms with Crippen LogP contribution >= 0.6 is 11.6 Å². The van der Waals surface area contributed by atoms with E-state index in [0.717, 1.165) is 32.2 Å². The van der Waals surface area contributed by atoms with Gasteiger partial charge in [-0.1, -0.05) is 36.6 Å². The second-order valence-corrected chi connectivity index (χ2v) is 12.6. The Labute approximate surface area is 205 Å². The molecule has 0 spiro atoms. The highest BCUT2D eigenvalue weighted by Gasteiger charge is 2.52. The summed E-state index contributed by atoms with van der Waals surface area (Å²) in [6.07, 6.45) is 6.29. The Morgan fingerprint density at radius 2 is 1.82 bits per heavy atom. The van der Waals surface area contributed by atoms with Gasteiger partial charge in [0.1, 0.15) is 11.6 Å². The third kappa shape index (κ3) is 4.10. The summed E-state index contributed by atoms with van der Waals surface area (Å²) in [6.45, 7) is 0.795. The molecule has 4 aliphatic rings. The Hall–Kier alpha value is -2.15. The normalized spacial score (nSPS) is 28.8. The first-order valence-corrected chi connectivity index (χ1v) is 14.0. The van der Waals surface area contributed by atoms with Crippen LogP contribution in [0.15, 0.2) is 29.2 Å². The first-order chi connectivity index (χ1) is 16.3. The summed E-state index contributed by atoms with van der Waals surface area (Å²) >= 11 is 6.19. The van der Waals surface area contributed by atoms with Gasteiger partial charge in [0.05, 0.1) is 27.3 Å². The standard InChI is InChI=1S/C24H29ClN4O4S/c25-18-7-3-4-8-21(18)34(32,33)17-13-20(22(30)27-24(15-26)10-11-24)29(14-17)23(31)19-9-12-28(19)16-5-1-2-6-16/h3-4,7-8,16-17,19-20H,1-2,5-6,9-14H2,(H,27,30). The molecule has 2 saturated heterocycles. The molecule has 0 aromatic heterocycles.